The normalized spacial score (nSPS) is 10.5. The minimum absolute atomic E-state index is 0.530. The van der Waals surface area contributed by atoms with Gasteiger partial charge in [-0.05, 0) is 48.8 Å². The van der Waals surface area contributed by atoms with E-state index >= 15 is 0 Å². The molecule has 0 saturated heterocycles. The molecule has 2 aromatic rings. The molecule has 0 fully saturated rings. The number of hydrogen-bond acceptors (Lipinski definition) is 3. The van der Waals surface area contributed by atoms with Crippen LogP contribution in [0.2, 0.25) is 5.02 Å². The first-order valence-electron chi connectivity index (χ1n) is 6.62. The largest absolute Gasteiger partial charge is 0.443 e. The van der Waals surface area contributed by atoms with E-state index < -0.39 is 6.92 Å². The summed E-state index contributed by atoms with van der Waals surface area (Å²) >= 11 is 6.27. The van der Waals surface area contributed by atoms with Gasteiger partial charge in [-0.25, -0.2) is 0 Å². The molecule has 0 bridgehead atoms. The molecule has 0 radical (unpaired) electrons. The molecule has 0 heterocycles. The zero-order valence-electron chi connectivity index (χ0n) is 12.0. The molecule has 0 atom stereocenters. The lowest BCUT2D eigenvalue weighted by molar-refractivity contribution is 0.402. The Morgan fingerprint density at radius 1 is 1.19 bits per heavy atom. The van der Waals surface area contributed by atoms with Gasteiger partial charge >= 0.3 is 6.92 Å². The zero-order chi connectivity index (χ0) is 15.4. The Labute approximate surface area is 130 Å². The highest BCUT2D eigenvalue weighted by molar-refractivity contribution is 6.79. The zero-order valence-corrected chi connectivity index (χ0v) is 12.8. The van der Waals surface area contributed by atoms with E-state index in [9.17, 15) is 5.02 Å². The summed E-state index contributed by atoms with van der Waals surface area (Å²) in [7, 11) is 3.96. The van der Waals surface area contributed by atoms with E-state index in [-0.39, 0.29) is 0 Å². The fraction of sp³-hybridized carbons (Fsp3) is 0.188. The lowest BCUT2D eigenvalue weighted by Gasteiger charge is -2.13. The lowest BCUT2D eigenvalue weighted by Crippen LogP contribution is -2.42. The van der Waals surface area contributed by atoms with E-state index in [4.69, 9.17) is 16.9 Å². The summed E-state index contributed by atoms with van der Waals surface area (Å²) in [4.78, 5) is 2.04. The van der Waals surface area contributed by atoms with Crippen molar-refractivity contribution in [3.05, 3.63) is 58.6 Å². The Kier molecular flexibility index (Phi) is 5.03. The fourth-order valence-electron chi connectivity index (χ4n) is 2.17. The highest BCUT2D eigenvalue weighted by atomic mass is 35.5. The van der Waals surface area contributed by atoms with Gasteiger partial charge in [-0.2, -0.15) is 5.26 Å². The van der Waals surface area contributed by atoms with Crippen molar-refractivity contribution in [3.63, 3.8) is 0 Å². The molecule has 0 aliphatic heterocycles. The van der Waals surface area contributed by atoms with Crippen LogP contribution in [0.1, 0.15) is 11.1 Å². The van der Waals surface area contributed by atoms with Crippen LogP contribution in [0.25, 0.3) is 0 Å². The van der Waals surface area contributed by atoms with Gasteiger partial charge in [0.1, 0.15) is 0 Å². The molecule has 0 aliphatic carbocycles. The maximum atomic E-state index is 10.4. The van der Waals surface area contributed by atoms with Crippen LogP contribution in [0.5, 0.6) is 0 Å². The maximum Gasteiger partial charge on any atom is 0.359 e. The molecule has 1 N–H and O–H groups in total. The number of rotatable bonds is 4. The van der Waals surface area contributed by atoms with Crippen LogP contribution in [0.3, 0.4) is 0 Å². The van der Waals surface area contributed by atoms with E-state index in [1.54, 1.807) is 30.3 Å². The predicted octanol–water partition coefficient (Wildman–Crippen LogP) is 1.37. The number of nitriles is 1. The molecule has 0 unspecified atom stereocenters. The van der Waals surface area contributed by atoms with Crippen molar-refractivity contribution in [2.75, 3.05) is 14.1 Å². The average Bonchev–Trinajstić information content (AvgIpc) is 2.48. The van der Waals surface area contributed by atoms with E-state index in [2.05, 4.69) is 6.07 Å². The topological polar surface area (TPSA) is 47.3 Å². The summed E-state index contributed by atoms with van der Waals surface area (Å²) in [6, 6.07) is 14.6. The number of nitrogens with zero attached hydrogens (tertiary/aromatic N) is 2. The molecule has 0 amide bonds. The molecule has 2 aromatic carbocycles. The highest BCUT2D eigenvalue weighted by Gasteiger charge is 2.18. The molecule has 0 saturated carbocycles. The Bertz CT molecular complexity index is 682. The smallest absolute Gasteiger partial charge is 0.359 e. The Morgan fingerprint density at radius 2 is 1.90 bits per heavy atom. The SMILES string of the molecule is CN(C)Cc1ccc(B(O)c2cccc(C#N)c2)cc1Cl. The van der Waals surface area contributed by atoms with Crippen LogP contribution >= 0.6 is 11.6 Å². The van der Waals surface area contributed by atoms with E-state index in [0.29, 0.717) is 16.0 Å². The molecular weight excluding hydrogens is 282 g/mol. The van der Waals surface area contributed by atoms with Gasteiger partial charge < -0.3 is 9.92 Å². The predicted molar refractivity (Wildman–Crippen MR) is 87.2 cm³/mol. The third kappa shape index (κ3) is 3.86. The second-order valence-corrected chi connectivity index (χ2v) is 5.64. The molecule has 2 rings (SSSR count). The summed E-state index contributed by atoms with van der Waals surface area (Å²) in [5.74, 6) is 0. The quantitative estimate of drug-likeness (QED) is 0.867. The van der Waals surface area contributed by atoms with Gasteiger partial charge in [0.2, 0.25) is 0 Å². The van der Waals surface area contributed by atoms with E-state index in [1.807, 2.05) is 31.1 Å². The minimum Gasteiger partial charge on any atom is -0.443 e. The van der Waals surface area contributed by atoms with Crippen LogP contribution in [0.15, 0.2) is 42.5 Å². The highest BCUT2D eigenvalue weighted by Crippen LogP contribution is 2.15. The summed E-state index contributed by atoms with van der Waals surface area (Å²) in [6.07, 6.45) is 0. The van der Waals surface area contributed by atoms with Gasteiger partial charge in [-0.3, -0.25) is 0 Å². The van der Waals surface area contributed by atoms with Crippen molar-refractivity contribution >= 4 is 29.4 Å². The Balaban J connectivity index is 2.29. The van der Waals surface area contributed by atoms with Crippen molar-refractivity contribution in [2.24, 2.45) is 0 Å². The van der Waals surface area contributed by atoms with Crippen molar-refractivity contribution in [3.8, 4) is 6.07 Å². The third-order valence-electron chi connectivity index (χ3n) is 3.21. The Hall–Kier alpha value is -1.80. The molecular formula is C16H16BClN2O. The van der Waals surface area contributed by atoms with Crippen molar-refractivity contribution in [2.45, 2.75) is 6.54 Å². The molecule has 0 aromatic heterocycles. The first-order chi connectivity index (χ1) is 10.0. The second kappa shape index (κ2) is 6.77. The van der Waals surface area contributed by atoms with Crippen molar-refractivity contribution < 1.29 is 5.02 Å². The summed E-state index contributed by atoms with van der Waals surface area (Å²) < 4.78 is 0. The second-order valence-electron chi connectivity index (χ2n) is 5.23. The van der Waals surface area contributed by atoms with Gasteiger partial charge in [0.05, 0.1) is 11.6 Å². The van der Waals surface area contributed by atoms with Crippen LogP contribution in [-0.4, -0.2) is 30.9 Å². The number of halogens is 1. The van der Waals surface area contributed by atoms with Crippen molar-refractivity contribution in [1.82, 2.24) is 4.90 Å². The summed E-state index contributed by atoms with van der Waals surface area (Å²) in [5, 5.41) is 20.0. The number of benzene rings is 2. The summed E-state index contributed by atoms with van der Waals surface area (Å²) in [5.41, 5.74) is 2.95. The minimum atomic E-state index is -0.788. The van der Waals surface area contributed by atoms with Gasteiger partial charge in [0.15, 0.2) is 0 Å². The lowest BCUT2D eigenvalue weighted by atomic mass is 9.55. The van der Waals surface area contributed by atoms with Gasteiger partial charge in [-0.1, -0.05) is 35.9 Å². The third-order valence-corrected chi connectivity index (χ3v) is 3.56. The standard InChI is InChI=1S/C16H16BClN2O/c1-20(2)11-13-6-7-15(9-16(13)18)17(21)14-5-3-4-12(8-14)10-19/h3-9,21H,11H2,1-2H3. The van der Waals surface area contributed by atoms with Gasteiger partial charge in [-0.15, -0.1) is 0 Å². The molecule has 3 nitrogen and oxygen atoms in total. The van der Waals surface area contributed by atoms with Crippen molar-refractivity contribution in [1.29, 1.82) is 5.26 Å². The Morgan fingerprint density at radius 3 is 2.52 bits per heavy atom. The van der Waals surface area contributed by atoms with Crippen LogP contribution < -0.4 is 10.9 Å². The number of hydrogen-bond donors (Lipinski definition) is 1. The first kappa shape index (κ1) is 15.6. The molecule has 5 heteroatoms. The maximum absolute atomic E-state index is 10.4. The van der Waals surface area contributed by atoms with E-state index in [1.165, 1.54) is 0 Å². The van der Waals surface area contributed by atoms with Crippen LogP contribution in [-0.2, 0) is 6.54 Å². The first-order valence-corrected chi connectivity index (χ1v) is 7.00. The van der Waals surface area contributed by atoms with Gasteiger partial charge in [0.25, 0.3) is 0 Å². The summed E-state index contributed by atoms with van der Waals surface area (Å²) in [6.45, 7) is -0.0386. The van der Waals surface area contributed by atoms with E-state index in [0.717, 1.165) is 17.6 Å². The molecule has 106 valence electrons. The monoisotopic (exact) mass is 298 g/mol. The average molecular weight is 299 g/mol. The van der Waals surface area contributed by atoms with Gasteiger partial charge in [0, 0.05) is 11.6 Å². The molecule has 0 aliphatic rings. The van der Waals surface area contributed by atoms with Crippen LogP contribution in [0, 0.1) is 11.3 Å². The van der Waals surface area contributed by atoms with Crippen LogP contribution in [0.4, 0.5) is 0 Å². The molecule has 0 spiro atoms. The fourth-order valence-corrected chi connectivity index (χ4v) is 2.42. The molecule has 21 heavy (non-hydrogen) atoms.